The van der Waals surface area contributed by atoms with E-state index in [1.807, 2.05) is 0 Å². The minimum absolute atomic E-state index is 0.496. The molecular weight excluding hydrogens is 274 g/mol. The van der Waals surface area contributed by atoms with E-state index in [9.17, 15) is 0 Å². The molecule has 1 fully saturated rings. The Labute approximate surface area is 134 Å². The van der Waals surface area contributed by atoms with E-state index in [0.29, 0.717) is 10.8 Å². The topological polar surface area (TPSA) is 12.0 Å². The van der Waals surface area contributed by atoms with Crippen LogP contribution >= 0.6 is 11.8 Å². The van der Waals surface area contributed by atoms with E-state index in [0.717, 1.165) is 5.92 Å². The first-order chi connectivity index (χ1) is 10.2. The van der Waals surface area contributed by atoms with Crippen molar-refractivity contribution < 1.29 is 0 Å². The highest BCUT2D eigenvalue weighted by molar-refractivity contribution is 8.00. The summed E-state index contributed by atoms with van der Waals surface area (Å²) in [5, 5.41) is 3.94. The van der Waals surface area contributed by atoms with Crippen molar-refractivity contribution in [3.8, 4) is 0 Å². The van der Waals surface area contributed by atoms with Gasteiger partial charge in [-0.25, -0.2) is 0 Å². The summed E-state index contributed by atoms with van der Waals surface area (Å²) in [5.74, 6) is 0.725. The predicted molar refractivity (Wildman–Crippen MR) is 94.2 cm³/mol. The van der Waals surface area contributed by atoms with Gasteiger partial charge in [-0.05, 0) is 49.0 Å². The minimum Gasteiger partial charge on any atom is -0.309 e. The van der Waals surface area contributed by atoms with Gasteiger partial charge in [0.05, 0.1) is 0 Å². The molecule has 2 heteroatoms. The van der Waals surface area contributed by atoms with Crippen LogP contribution in [0.5, 0.6) is 0 Å². The molecule has 2 atom stereocenters. The fourth-order valence-corrected chi connectivity index (χ4v) is 5.10. The Balaban J connectivity index is 1.69. The summed E-state index contributed by atoms with van der Waals surface area (Å²) in [5.41, 5.74) is 3.13. The first-order valence-electron chi connectivity index (χ1n) is 8.61. The van der Waals surface area contributed by atoms with Crippen molar-refractivity contribution in [1.82, 2.24) is 5.32 Å². The molecule has 0 heterocycles. The van der Waals surface area contributed by atoms with Gasteiger partial charge in [-0.15, -0.1) is 0 Å². The minimum atomic E-state index is 0.496. The van der Waals surface area contributed by atoms with Crippen molar-refractivity contribution in [1.29, 1.82) is 0 Å². The van der Waals surface area contributed by atoms with Gasteiger partial charge in [0, 0.05) is 17.3 Å². The molecule has 0 radical (unpaired) electrons. The van der Waals surface area contributed by atoms with Crippen molar-refractivity contribution in [2.24, 2.45) is 0 Å². The SMILES string of the molecule is CSC1(CNC2CCC(C)c3ccccc32)CCCCC1. The fourth-order valence-electron chi connectivity index (χ4n) is 4.18. The Bertz CT molecular complexity index is 464. The maximum atomic E-state index is 3.94. The lowest BCUT2D eigenvalue weighted by atomic mass is 9.80. The van der Waals surface area contributed by atoms with Crippen LogP contribution in [0.4, 0.5) is 0 Å². The Morgan fingerprint density at radius 3 is 2.52 bits per heavy atom. The summed E-state index contributed by atoms with van der Waals surface area (Å²) in [4.78, 5) is 0. The summed E-state index contributed by atoms with van der Waals surface area (Å²) in [7, 11) is 0. The highest BCUT2D eigenvalue weighted by Gasteiger charge is 2.32. The molecule has 0 aromatic heterocycles. The van der Waals surface area contributed by atoms with E-state index in [-0.39, 0.29) is 0 Å². The first-order valence-corrected chi connectivity index (χ1v) is 9.84. The quantitative estimate of drug-likeness (QED) is 0.812. The zero-order valence-electron chi connectivity index (χ0n) is 13.5. The molecule has 0 aliphatic heterocycles. The van der Waals surface area contributed by atoms with E-state index >= 15 is 0 Å². The van der Waals surface area contributed by atoms with Crippen LogP contribution in [0.25, 0.3) is 0 Å². The smallest absolute Gasteiger partial charge is 0.0323 e. The van der Waals surface area contributed by atoms with Gasteiger partial charge in [-0.1, -0.05) is 50.5 Å². The van der Waals surface area contributed by atoms with E-state index in [1.54, 1.807) is 11.1 Å². The Morgan fingerprint density at radius 1 is 1.10 bits per heavy atom. The van der Waals surface area contributed by atoms with E-state index < -0.39 is 0 Å². The third-order valence-electron chi connectivity index (χ3n) is 5.66. The molecule has 1 nitrogen and oxygen atoms in total. The van der Waals surface area contributed by atoms with E-state index in [2.05, 4.69) is 54.5 Å². The number of hydrogen-bond acceptors (Lipinski definition) is 2. The van der Waals surface area contributed by atoms with Crippen molar-refractivity contribution in [2.75, 3.05) is 12.8 Å². The van der Waals surface area contributed by atoms with Crippen molar-refractivity contribution in [3.05, 3.63) is 35.4 Å². The monoisotopic (exact) mass is 303 g/mol. The van der Waals surface area contributed by atoms with Gasteiger partial charge in [0.2, 0.25) is 0 Å². The number of fused-ring (bicyclic) bond motifs is 1. The van der Waals surface area contributed by atoms with Crippen LogP contribution in [0.3, 0.4) is 0 Å². The molecule has 21 heavy (non-hydrogen) atoms. The zero-order valence-corrected chi connectivity index (χ0v) is 14.3. The summed E-state index contributed by atoms with van der Waals surface area (Å²) in [6, 6.07) is 9.65. The largest absolute Gasteiger partial charge is 0.309 e. The fraction of sp³-hybridized carbons (Fsp3) is 0.684. The summed E-state index contributed by atoms with van der Waals surface area (Å²) >= 11 is 2.10. The molecular formula is C19H29NS. The van der Waals surface area contributed by atoms with Gasteiger partial charge in [0.1, 0.15) is 0 Å². The standard InChI is InChI=1S/C19H29NS/c1-15-10-11-18(17-9-5-4-8-16(15)17)20-14-19(21-2)12-6-3-7-13-19/h4-5,8-9,15,18,20H,3,6-7,10-14H2,1-2H3. The first kappa shape index (κ1) is 15.4. The lowest BCUT2D eigenvalue weighted by Crippen LogP contribution is -2.41. The molecule has 1 N–H and O–H groups in total. The molecule has 0 spiro atoms. The lowest BCUT2D eigenvalue weighted by Gasteiger charge is -2.39. The molecule has 0 amide bonds. The maximum Gasteiger partial charge on any atom is 0.0323 e. The summed E-state index contributed by atoms with van der Waals surface area (Å²) in [6.45, 7) is 3.56. The van der Waals surface area contributed by atoms with Gasteiger partial charge in [0.15, 0.2) is 0 Å². The van der Waals surface area contributed by atoms with Crippen LogP contribution in [0.1, 0.15) is 75.0 Å². The molecule has 2 unspecified atom stereocenters. The lowest BCUT2D eigenvalue weighted by molar-refractivity contribution is 0.345. The average Bonchev–Trinajstić information content (AvgIpc) is 2.55. The third-order valence-corrected chi connectivity index (χ3v) is 7.08. The van der Waals surface area contributed by atoms with Crippen LogP contribution in [-0.2, 0) is 0 Å². The normalized spacial score (nSPS) is 28.1. The van der Waals surface area contributed by atoms with Crippen molar-refractivity contribution in [3.63, 3.8) is 0 Å². The van der Waals surface area contributed by atoms with Crippen molar-refractivity contribution in [2.45, 2.75) is 68.6 Å². The number of hydrogen-bond donors (Lipinski definition) is 1. The second-order valence-corrected chi connectivity index (χ2v) is 8.26. The highest BCUT2D eigenvalue weighted by Crippen LogP contribution is 2.40. The Kier molecular flexibility index (Phi) is 4.96. The molecule has 2 aliphatic rings. The van der Waals surface area contributed by atoms with Crippen LogP contribution in [0.2, 0.25) is 0 Å². The number of benzene rings is 1. The number of rotatable bonds is 4. The molecule has 1 aromatic carbocycles. The van der Waals surface area contributed by atoms with Gasteiger partial charge in [-0.2, -0.15) is 11.8 Å². The van der Waals surface area contributed by atoms with Gasteiger partial charge in [0.25, 0.3) is 0 Å². The van der Waals surface area contributed by atoms with E-state index in [4.69, 9.17) is 0 Å². The van der Waals surface area contributed by atoms with Crippen molar-refractivity contribution >= 4 is 11.8 Å². The van der Waals surface area contributed by atoms with Gasteiger partial charge >= 0.3 is 0 Å². The average molecular weight is 304 g/mol. The van der Waals surface area contributed by atoms with Crippen LogP contribution in [0, 0.1) is 0 Å². The van der Waals surface area contributed by atoms with Crippen LogP contribution in [0.15, 0.2) is 24.3 Å². The molecule has 1 saturated carbocycles. The molecule has 116 valence electrons. The third kappa shape index (κ3) is 3.32. The second kappa shape index (κ2) is 6.75. The predicted octanol–water partition coefficient (Wildman–Crippen LogP) is 5.28. The Hall–Kier alpha value is -0.470. The molecule has 3 rings (SSSR count). The highest BCUT2D eigenvalue weighted by atomic mass is 32.2. The zero-order chi connectivity index (χ0) is 14.7. The van der Waals surface area contributed by atoms with E-state index in [1.165, 1.54) is 51.5 Å². The molecule has 0 bridgehead atoms. The summed E-state index contributed by atoms with van der Waals surface area (Å²) < 4.78 is 0.496. The Morgan fingerprint density at radius 2 is 1.81 bits per heavy atom. The maximum absolute atomic E-state index is 3.94. The summed E-state index contributed by atoms with van der Waals surface area (Å²) in [6.07, 6.45) is 12.0. The number of thioether (sulfide) groups is 1. The van der Waals surface area contributed by atoms with Crippen LogP contribution in [-0.4, -0.2) is 17.5 Å². The van der Waals surface area contributed by atoms with Gasteiger partial charge < -0.3 is 5.32 Å². The van der Waals surface area contributed by atoms with Crippen LogP contribution < -0.4 is 5.32 Å². The van der Waals surface area contributed by atoms with Gasteiger partial charge in [-0.3, -0.25) is 0 Å². The molecule has 0 saturated heterocycles. The molecule has 1 aromatic rings. The second-order valence-electron chi connectivity index (χ2n) is 6.99. The number of nitrogens with one attached hydrogen (secondary N) is 1. The molecule has 2 aliphatic carbocycles.